The van der Waals surface area contributed by atoms with E-state index in [0.717, 1.165) is 25.8 Å². The number of hydrogen-bond acceptors (Lipinski definition) is 2. The molecule has 0 amide bonds. The molecule has 2 N–H and O–H groups in total. The molecule has 0 rings (SSSR count). The Labute approximate surface area is 99.6 Å². The highest BCUT2D eigenvalue weighted by Gasteiger charge is 2.23. The van der Waals surface area contributed by atoms with E-state index < -0.39 is 12.0 Å². The molecule has 0 aromatic rings. The van der Waals surface area contributed by atoms with Crippen LogP contribution in [0.1, 0.15) is 53.9 Å². The molecule has 0 aliphatic heterocycles. The zero-order valence-electron chi connectivity index (χ0n) is 11.3. The summed E-state index contributed by atoms with van der Waals surface area (Å²) >= 11 is 0. The van der Waals surface area contributed by atoms with Crippen molar-refractivity contribution in [2.45, 2.75) is 59.9 Å². The maximum atomic E-state index is 11.1. The molecule has 0 saturated heterocycles. The Balaban J connectivity index is 4.09. The Morgan fingerprint density at radius 3 is 2.31 bits per heavy atom. The van der Waals surface area contributed by atoms with Gasteiger partial charge in [0.2, 0.25) is 0 Å². The van der Waals surface area contributed by atoms with Gasteiger partial charge in [-0.3, -0.25) is 4.79 Å². The van der Waals surface area contributed by atoms with Gasteiger partial charge in [-0.15, -0.1) is 0 Å². The summed E-state index contributed by atoms with van der Waals surface area (Å²) in [6.45, 7) is 11.4. The molecule has 3 heteroatoms. The third kappa shape index (κ3) is 5.50. The van der Waals surface area contributed by atoms with E-state index in [1.165, 1.54) is 0 Å². The number of carbonyl (C=O) groups is 1. The second kappa shape index (κ2) is 6.89. The highest BCUT2D eigenvalue weighted by Crippen LogP contribution is 2.23. The van der Waals surface area contributed by atoms with E-state index in [1.54, 1.807) is 0 Å². The predicted molar refractivity (Wildman–Crippen MR) is 67.6 cm³/mol. The number of rotatable bonds is 8. The number of carboxylic acids is 1. The molecule has 16 heavy (non-hydrogen) atoms. The number of nitrogens with one attached hydrogen (secondary N) is 1. The number of hydrogen-bond donors (Lipinski definition) is 2. The van der Waals surface area contributed by atoms with E-state index in [0.29, 0.717) is 5.41 Å². The van der Waals surface area contributed by atoms with Crippen LogP contribution in [0, 0.1) is 11.3 Å². The average Bonchev–Trinajstić information content (AvgIpc) is 2.23. The molecule has 0 bridgehead atoms. The minimum absolute atomic E-state index is 0.183. The minimum atomic E-state index is -0.733. The van der Waals surface area contributed by atoms with Gasteiger partial charge in [-0.1, -0.05) is 47.5 Å². The van der Waals surface area contributed by atoms with E-state index in [2.05, 4.69) is 26.1 Å². The third-order valence-electron chi connectivity index (χ3n) is 3.60. The van der Waals surface area contributed by atoms with Crippen LogP contribution in [-0.2, 0) is 4.79 Å². The monoisotopic (exact) mass is 229 g/mol. The van der Waals surface area contributed by atoms with Crippen LogP contribution in [0.5, 0.6) is 0 Å². The van der Waals surface area contributed by atoms with Gasteiger partial charge in [0.15, 0.2) is 0 Å². The van der Waals surface area contributed by atoms with Crippen molar-refractivity contribution >= 4 is 5.97 Å². The summed E-state index contributed by atoms with van der Waals surface area (Å²) in [7, 11) is 0. The van der Waals surface area contributed by atoms with Gasteiger partial charge in [-0.2, -0.15) is 0 Å². The van der Waals surface area contributed by atoms with Gasteiger partial charge in [-0.25, -0.2) is 0 Å². The van der Waals surface area contributed by atoms with Crippen LogP contribution in [0.4, 0.5) is 0 Å². The van der Waals surface area contributed by atoms with Crippen molar-refractivity contribution in [2.24, 2.45) is 11.3 Å². The Morgan fingerprint density at radius 1 is 1.38 bits per heavy atom. The lowest BCUT2D eigenvalue weighted by molar-refractivity contribution is -0.140. The lowest BCUT2D eigenvalue weighted by Gasteiger charge is -2.25. The van der Waals surface area contributed by atoms with Gasteiger partial charge in [0, 0.05) is 0 Å². The van der Waals surface area contributed by atoms with Crippen molar-refractivity contribution in [1.82, 2.24) is 5.32 Å². The molecule has 0 spiro atoms. The van der Waals surface area contributed by atoms with Crippen LogP contribution in [-0.4, -0.2) is 23.7 Å². The molecule has 3 nitrogen and oxygen atoms in total. The molecular weight excluding hydrogens is 202 g/mol. The van der Waals surface area contributed by atoms with Crippen LogP contribution in [0.25, 0.3) is 0 Å². The molecule has 0 heterocycles. The summed E-state index contributed by atoms with van der Waals surface area (Å²) in [5, 5.41) is 12.3. The van der Waals surface area contributed by atoms with Crippen molar-refractivity contribution in [1.29, 1.82) is 0 Å². The van der Waals surface area contributed by atoms with Gasteiger partial charge in [0.05, 0.1) is 0 Å². The summed E-state index contributed by atoms with van der Waals surface area (Å²) in [4.78, 5) is 11.1. The summed E-state index contributed by atoms with van der Waals surface area (Å²) in [6, 6.07) is -0.405. The summed E-state index contributed by atoms with van der Waals surface area (Å²) in [6.07, 6.45) is 3.03. The largest absolute Gasteiger partial charge is 0.480 e. The third-order valence-corrected chi connectivity index (χ3v) is 3.60. The van der Waals surface area contributed by atoms with E-state index in [4.69, 9.17) is 5.11 Å². The maximum absolute atomic E-state index is 11.1. The lowest BCUT2D eigenvalue weighted by atomic mass is 9.86. The van der Waals surface area contributed by atoms with E-state index in [9.17, 15) is 4.79 Å². The molecule has 2 atom stereocenters. The molecule has 0 aliphatic carbocycles. The zero-order chi connectivity index (χ0) is 12.8. The lowest BCUT2D eigenvalue weighted by Crippen LogP contribution is -2.42. The van der Waals surface area contributed by atoms with Crippen LogP contribution >= 0.6 is 0 Å². The average molecular weight is 229 g/mol. The summed E-state index contributed by atoms with van der Waals surface area (Å²) in [5.74, 6) is -0.550. The van der Waals surface area contributed by atoms with Gasteiger partial charge in [-0.05, 0) is 24.3 Å². The molecule has 0 saturated carbocycles. The first kappa shape index (κ1) is 15.4. The molecule has 0 aromatic heterocycles. The maximum Gasteiger partial charge on any atom is 0.320 e. The molecule has 0 aliphatic rings. The normalized spacial score (nSPS) is 15.8. The van der Waals surface area contributed by atoms with Crippen LogP contribution in [0.3, 0.4) is 0 Å². The first-order valence-electron chi connectivity index (χ1n) is 6.30. The van der Waals surface area contributed by atoms with Crippen molar-refractivity contribution in [3.63, 3.8) is 0 Å². The van der Waals surface area contributed by atoms with Crippen molar-refractivity contribution in [3.05, 3.63) is 0 Å². The predicted octanol–water partition coefficient (Wildman–Crippen LogP) is 2.90. The van der Waals surface area contributed by atoms with E-state index >= 15 is 0 Å². The Morgan fingerprint density at radius 2 is 1.94 bits per heavy atom. The summed E-state index contributed by atoms with van der Waals surface area (Å²) < 4.78 is 0. The number of carboxylic acid groups (broad SMARTS) is 1. The second-order valence-corrected chi connectivity index (χ2v) is 5.42. The number of aliphatic carboxylic acids is 1. The molecular formula is C13H27NO2. The fourth-order valence-electron chi connectivity index (χ4n) is 1.51. The fraction of sp³-hybridized carbons (Fsp3) is 0.923. The molecule has 96 valence electrons. The Hall–Kier alpha value is -0.570. The quantitative estimate of drug-likeness (QED) is 0.673. The molecule has 0 radical (unpaired) electrons. The zero-order valence-corrected chi connectivity index (χ0v) is 11.3. The van der Waals surface area contributed by atoms with E-state index in [1.807, 2.05) is 13.8 Å². The van der Waals surface area contributed by atoms with Crippen LogP contribution in [0.15, 0.2) is 0 Å². The van der Waals surface area contributed by atoms with Crippen LogP contribution < -0.4 is 5.32 Å². The topological polar surface area (TPSA) is 49.3 Å². The van der Waals surface area contributed by atoms with Gasteiger partial charge in [0.25, 0.3) is 0 Å². The molecule has 0 aromatic carbocycles. The van der Waals surface area contributed by atoms with Gasteiger partial charge >= 0.3 is 5.97 Å². The van der Waals surface area contributed by atoms with Crippen molar-refractivity contribution in [2.75, 3.05) is 6.54 Å². The SMILES string of the molecule is CC[C@H](C)[C@H](NCCC(C)(C)CC)C(=O)O. The van der Waals surface area contributed by atoms with Gasteiger partial charge in [0.1, 0.15) is 6.04 Å². The van der Waals surface area contributed by atoms with Gasteiger partial charge < -0.3 is 10.4 Å². The first-order chi connectivity index (χ1) is 7.34. The van der Waals surface area contributed by atoms with Crippen molar-refractivity contribution in [3.8, 4) is 0 Å². The standard InChI is InChI=1S/C13H27NO2/c1-6-10(3)11(12(15)16)14-9-8-13(4,5)7-2/h10-11,14H,6-9H2,1-5H3,(H,15,16)/t10-,11-/m0/s1. The first-order valence-corrected chi connectivity index (χ1v) is 6.30. The fourth-order valence-corrected chi connectivity index (χ4v) is 1.51. The Kier molecular flexibility index (Phi) is 6.65. The van der Waals surface area contributed by atoms with Crippen molar-refractivity contribution < 1.29 is 9.90 Å². The molecule has 0 fully saturated rings. The smallest absolute Gasteiger partial charge is 0.320 e. The molecule has 0 unspecified atom stereocenters. The van der Waals surface area contributed by atoms with E-state index in [-0.39, 0.29) is 5.92 Å². The second-order valence-electron chi connectivity index (χ2n) is 5.42. The highest BCUT2D eigenvalue weighted by atomic mass is 16.4. The Bertz CT molecular complexity index is 214. The minimum Gasteiger partial charge on any atom is -0.480 e. The highest BCUT2D eigenvalue weighted by molar-refractivity contribution is 5.73. The van der Waals surface area contributed by atoms with Crippen LogP contribution in [0.2, 0.25) is 0 Å². The summed E-state index contributed by atoms with van der Waals surface area (Å²) in [5.41, 5.74) is 0.297.